The molecule has 3 aromatic rings. The molecule has 1 aliphatic heterocycles. The SMILES string of the molecule is CC(C)Oc1ccc(S(=O)(=O)N2CCC(c3cn(CC=O)c4cc(F)c(I)cc34)C2)cc1. The second-order valence-corrected chi connectivity index (χ2v) is 11.3. The maximum Gasteiger partial charge on any atom is 0.243 e. The van der Waals surface area contributed by atoms with Gasteiger partial charge in [-0.3, -0.25) is 0 Å². The van der Waals surface area contributed by atoms with Crippen LogP contribution < -0.4 is 4.74 Å². The number of rotatable bonds is 7. The van der Waals surface area contributed by atoms with Crippen molar-refractivity contribution < 1.29 is 22.3 Å². The number of nitrogens with zero attached hydrogens (tertiary/aromatic N) is 2. The molecule has 1 aliphatic rings. The lowest BCUT2D eigenvalue weighted by Crippen LogP contribution is -2.28. The van der Waals surface area contributed by atoms with Crippen LogP contribution in [0, 0.1) is 9.39 Å². The van der Waals surface area contributed by atoms with E-state index in [1.165, 1.54) is 10.4 Å². The second-order valence-electron chi connectivity index (χ2n) is 8.17. The maximum atomic E-state index is 14.2. The molecule has 2 heterocycles. The summed E-state index contributed by atoms with van der Waals surface area (Å²) < 4.78 is 49.9. The van der Waals surface area contributed by atoms with E-state index in [1.807, 2.05) is 42.6 Å². The van der Waals surface area contributed by atoms with Gasteiger partial charge in [-0.1, -0.05) is 0 Å². The van der Waals surface area contributed by atoms with Crippen molar-refractivity contribution >= 4 is 49.8 Å². The number of carbonyl (C=O) groups excluding carboxylic acids is 1. The number of aldehydes is 1. The van der Waals surface area contributed by atoms with Crippen LogP contribution in [0.3, 0.4) is 0 Å². The monoisotopic (exact) mass is 570 g/mol. The van der Waals surface area contributed by atoms with Gasteiger partial charge >= 0.3 is 0 Å². The third kappa shape index (κ3) is 4.42. The molecule has 0 aliphatic carbocycles. The van der Waals surface area contributed by atoms with Crippen LogP contribution in [0.25, 0.3) is 10.9 Å². The molecule has 1 saturated heterocycles. The summed E-state index contributed by atoms with van der Waals surface area (Å²) in [6, 6.07) is 9.69. The fraction of sp³-hybridized carbons (Fsp3) is 0.348. The topological polar surface area (TPSA) is 68.6 Å². The predicted octanol–water partition coefficient (Wildman–Crippen LogP) is 4.55. The summed E-state index contributed by atoms with van der Waals surface area (Å²) >= 11 is 1.95. The lowest BCUT2D eigenvalue weighted by atomic mass is 9.98. The summed E-state index contributed by atoms with van der Waals surface area (Å²) in [7, 11) is -3.64. The van der Waals surface area contributed by atoms with E-state index < -0.39 is 10.0 Å². The van der Waals surface area contributed by atoms with E-state index in [-0.39, 0.29) is 29.3 Å². The fourth-order valence-electron chi connectivity index (χ4n) is 4.18. The zero-order valence-corrected chi connectivity index (χ0v) is 20.8. The number of carbonyl (C=O) groups is 1. The van der Waals surface area contributed by atoms with Crippen LogP contribution in [0.5, 0.6) is 5.75 Å². The van der Waals surface area contributed by atoms with Gasteiger partial charge in [0, 0.05) is 34.2 Å². The van der Waals surface area contributed by atoms with Gasteiger partial charge in [0.05, 0.1) is 23.1 Å². The van der Waals surface area contributed by atoms with Gasteiger partial charge in [0.2, 0.25) is 10.0 Å². The van der Waals surface area contributed by atoms with Crippen molar-refractivity contribution in [1.29, 1.82) is 0 Å². The summed E-state index contributed by atoms with van der Waals surface area (Å²) in [5.41, 5.74) is 1.59. The summed E-state index contributed by atoms with van der Waals surface area (Å²) in [4.78, 5) is 11.3. The molecule has 0 saturated carbocycles. The molecule has 1 aromatic heterocycles. The van der Waals surface area contributed by atoms with Gasteiger partial charge in [-0.15, -0.1) is 0 Å². The highest BCUT2D eigenvalue weighted by Crippen LogP contribution is 2.37. The number of hydrogen-bond donors (Lipinski definition) is 0. The molecular formula is C23H24FIN2O4S. The average molecular weight is 570 g/mol. The Hall–Kier alpha value is -1.98. The summed E-state index contributed by atoms with van der Waals surface area (Å²) in [6.07, 6.45) is 3.29. The van der Waals surface area contributed by atoms with Gasteiger partial charge in [-0.2, -0.15) is 4.31 Å². The quantitative estimate of drug-likeness (QED) is 0.309. The Kier molecular flexibility index (Phi) is 6.60. The first kappa shape index (κ1) is 23.2. The minimum Gasteiger partial charge on any atom is -0.491 e. The lowest BCUT2D eigenvalue weighted by Gasteiger charge is -2.17. The number of fused-ring (bicyclic) bond motifs is 1. The molecular weight excluding hydrogens is 546 g/mol. The molecule has 4 rings (SSSR count). The minimum atomic E-state index is -3.64. The van der Waals surface area contributed by atoms with Gasteiger partial charge < -0.3 is 14.1 Å². The lowest BCUT2D eigenvalue weighted by molar-refractivity contribution is -0.108. The van der Waals surface area contributed by atoms with Crippen LogP contribution in [0.2, 0.25) is 0 Å². The van der Waals surface area contributed by atoms with E-state index in [9.17, 15) is 17.6 Å². The number of ether oxygens (including phenoxy) is 1. The molecule has 0 bridgehead atoms. The number of aromatic nitrogens is 1. The minimum absolute atomic E-state index is 0.00896. The van der Waals surface area contributed by atoms with Crippen molar-refractivity contribution in [2.45, 2.75) is 43.7 Å². The van der Waals surface area contributed by atoms with Crippen molar-refractivity contribution in [1.82, 2.24) is 8.87 Å². The van der Waals surface area contributed by atoms with Crippen molar-refractivity contribution in [3.8, 4) is 5.75 Å². The Labute approximate surface area is 200 Å². The largest absolute Gasteiger partial charge is 0.491 e. The van der Waals surface area contributed by atoms with E-state index in [1.54, 1.807) is 34.9 Å². The van der Waals surface area contributed by atoms with E-state index >= 15 is 0 Å². The van der Waals surface area contributed by atoms with Crippen molar-refractivity contribution in [2.75, 3.05) is 13.1 Å². The van der Waals surface area contributed by atoms with Gasteiger partial charge in [-0.25, -0.2) is 12.8 Å². The third-order valence-corrected chi connectivity index (χ3v) is 8.36. The molecule has 2 aromatic carbocycles. The van der Waals surface area contributed by atoms with Crippen molar-refractivity contribution in [3.63, 3.8) is 0 Å². The third-order valence-electron chi connectivity index (χ3n) is 5.65. The molecule has 0 spiro atoms. The maximum absolute atomic E-state index is 14.2. The van der Waals surface area contributed by atoms with Gasteiger partial charge in [-0.05, 0) is 84.8 Å². The predicted molar refractivity (Wildman–Crippen MR) is 129 cm³/mol. The summed E-state index contributed by atoms with van der Waals surface area (Å²) in [5, 5.41) is 0.858. The Bertz CT molecular complexity index is 1260. The van der Waals surface area contributed by atoms with E-state index in [0.29, 0.717) is 34.3 Å². The first-order valence-corrected chi connectivity index (χ1v) is 12.9. The van der Waals surface area contributed by atoms with Crippen LogP contribution in [0.15, 0.2) is 47.5 Å². The molecule has 32 heavy (non-hydrogen) atoms. The first-order valence-electron chi connectivity index (χ1n) is 10.4. The molecule has 1 atom stereocenters. The van der Waals surface area contributed by atoms with E-state index in [0.717, 1.165) is 17.2 Å². The van der Waals surface area contributed by atoms with Crippen LogP contribution in [-0.2, 0) is 21.4 Å². The molecule has 9 heteroatoms. The van der Waals surface area contributed by atoms with E-state index in [2.05, 4.69) is 0 Å². The van der Waals surface area contributed by atoms with Crippen LogP contribution in [0.1, 0.15) is 31.7 Å². The Morgan fingerprint density at radius 1 is 1.25 bits per heavy atom. The second kappa shape index (κ2) is 9.11. The number of sulfonamides is 1. The fourth-order valence-corrected chi connectivity index (χ4v) is 6.15. The first-order chi connectivity index (χ1) is 15.2. The Morgan fingerprint density at radius 2 is 1.97 bits per heavy atom. The van der Waals surface area contributed by atoms with Crippen molar-refractivity contribution in [3.05, 3.63) is 57.5 Å². The molecule has 0 N–H and O–H groups in total. The van der Waals surface area contributed by atoms with Crippen molar-refractivity contribution in [2.24, 2.45) is 0 Å². The van der Waals surface area contributed by atoms with Gasteiger partial charge in [0.1, 0.15) is 17.9 Å². The summed E-state index contributed by atoms with van der Waals surface area (Å²) in [5.74, 6) is 0.253. The normalized spacial score (nSPS) is 17.3. The molecule has 170 valence electrons. The van der Waals surface area contributed by atoms with Crippen LogP contribution >= 0.6 is 22.6 Å². The van der Waals surface area contributed by atoms with Crippen LogP contribution in [-0.4, -0.2) is 42.8 Å². The average Bonchev–Trinajstić information content (AvgIpc) is 3.35. The van der Waals surface area contributed by atoms with Gasteiger partial charge in [0.15, 0.2) is 0 Å². The smallest absolute Gasteiger partial charge is 0.243 e. The van der Waals surface area contributed by atoms with Crippen LogP contribution in [0.4, 0.5) is 4.39 Å². The van der Waals surface area contributed by atoms with Gasteiger partial charge in [0.25, 0.3) is 0 Å². The molecule has 6 nitrogen and oxygen atoms in total. The highest BCUT2D eigenvalue weighted by molar-refractivity contribution is 14.1. The Morgan fingerprint density at radius 3 is 2.62 bits per heavy atom. The molecule has 0 amide bonds. The zero-order chi connectivity index (χ0) is 23.0. The number of benzene rings is 2. The molecule has 1 unspecified atom stereocenters. The summed E-state index contributed by atoms with van der Waals surface area (Å²) in [6.45, 7) is 4.68. The highest BCUT2D eigenvalue weighted by atomic mass is 127. The zero-order valence-electron chi connectivity index (χ0n) is 17.8. The Balaban J connectivity index is 1.61. The number of halogens is 2. The highest BCUT2D eigenvalue weighted by Gasteiger charge is 2.34. The standard InChI is InChI=1S/C23H24FIN2O4S/c1-15(2)31-17-3-5-18(6-4-17)32(29,30)27-8-7-16(13-27)20-14-26(9-10-28)23-12-21(24)22(25)11-19(20)23/h3-6,10-12,14-16H,7-9,13H2,1-2H3. The van der Waals surface area contributed by atoms with E-state index in [4.69, 9.17) is 4.74 Å². The molecule has 0 radical (unpaired) electrons. The molecule has 1 fully saturated rings. The number of hydrogen-bond acceptors (Lipinski definition) is 4.